The largest absolute Gasteiger partial charge is 0.454 e. The maximum Gasteiger partial charge on any atom is 0.297 e. The molecule has 0 aliphatic carbocycles. The summed E-state index contributed by atoms with van der Waals surface area (Å²) in [5, 5.41) is 4.21. The van der Waals surface area contributed by atoms with E-state index in [9.17, 15) is 4.79 Å². The molecular weight excluding hydrogens is 292 g/mol. The Bertz CT molecular complexity index is 595. The first-order chi connectivity index (χ1) is 10.1. The molecule has 0 radical (unpaired) electrons. The maximum atomic E-state index is 11.8. The molecule has 1 aromatic carbocycles. The molecule has 1 saturated heterocycles. The van der Waals surface area contributed by atoms with Crippen molar-refractivity contribution in [2.75, 3.05) is 13.0 Å². The van der Waals surface area contributed by atoms with E-state index in [4.69, 9.17) is 9.47 Å². The third kappa shape index (κ3) is 2.78. The average molecular weight is 309 g/mol. The predicted molar refractivity (Wildman–Crippen MR) is 78.0 cm³/mol. The Balaban J connectivity index is 1.68. The van der Waals surface area contributed by atoms with Gasteiger partial charge in [-0.15, -0.1) is 0 Å². The first-order valence-electron chi connectivity index (χ1n) is 6.44. The predicted octanol–water partition coefficient (Wildman–Crippen LogP) is -0.809. The van der Waals surface area contributed by atoms with Crippen LogP contribution in [0, 0.1) is 0 Å². The van der Waals surface area contributed by atoms with Crippen molar-refractivity contribution < 1.29 is 19.6 Å². The molecule has 1 amide bonds. The van der Waals surface area contributed by atoms with E-state index in [0.29, 0.717) is 12.2 Å². The van der Waals surface area contributed by atoms with E-state index < -0.39 is 5.12 Å². The van der Waals surface area contributed by atoms with Crippen LogP contribution in [0.4, 0.5) is 0 Å². The Hall–Kier alpha value is -1.90. The van der Waals surface area contributed by atoms with Crippen LogP contribution in [0.5, 0.6) is 11.5 Å². The van der Waals surface area contributed by atoms with Crippen molar-refractivity contribution in [1.29, 1.82) is 0 Å². The van der Waals surface area contributed by atoms with Crippen LogP contribution in [0.3, 0.4) is 0 Å². The topological polar surface area (TPSA) is 88.2 Å². The fourth-order valence-corrected chi connectivity index (χ4v) is 2.72. The van der Waals surface area contributed by atoms with Gasteiger partial charge in [0.05, 0.1) is 0 Å². The molecular formula is C13H17N4O3S+. The van der Waals surface area contributed by atoms with Crippen molar-refractivity contribution in [3.63, 3.8) is 0 Å². The number of fused-ring (bicyclic) bond motifs is 1. The smallest absolute Gasteiger partial charge is 0.297 e. The highest BCUT2D eigenvalue weighted by atomic mass is 32.2. The fourth-order valence-electron chi connectivity index (χ4n) is 2.12. The summed E-state index contributed by atoms with van der Waals surface area (Å²) < 4.78 is 10.7. The molecule has 112 valence electrons. The zero-order valence-electron chi connectivity index (χ0n) is 11.6. The summed E-state index contributed by atoms with van der Waals surface area (Å²) in [6.45, 7) is 4.54. The SMILES string of the molecule is C=C1NNC([NH2+]Cc2ccc3c(c2)OCO3)(SC)NC1=O. The molecule has 1 aromatic rings. The number of thioether (sulfide) groups is 1. The summed E-state index contributed by atoms with van der Waals surface area (Å²) in [5.41, 5.74) is 7.23. The van der Waals surface area contributed by atoms with Gasteiger partial charge in [-0.2, -0.15) is 5.43 Å². The lowest BCUT2D eigenvalue weighted by Gasteiger charge is -2.35. The number of hydrazine groups is 1. The van der Waals surface area contributed by atoms with Gasteiger partial charge in [0.15, 0.2) is 11.5 Å². The normalized spacial score (nSPS) is 23.7. The second-order valence-corrected chi connectivity index (χ2v) is 5.77. The number of rotatable bonds is 4. The number of hydrogen-bond acceptors (Lipinski definition) is 6. The Morgan fingerprint density at radius 3 is 3.00 bits per heavy atom. The molecule has 1 fully saturated rings. The third-order valence-corrected chi connectivity index (χ3v) is 4.37. The van der Waals surface area contributed by atoms with E-state index in [1.165, 1.54) is 11.8 Å². The van der Waals surface area contributed by atoms with Crippen LogP contribution in [0.15, 0.2) is 30.5 Å². The van der Waals surface area contributed by atoms with Gasteiger partial charge in [-0.1, -0.05) is 18.3 Å². The molecule has 5 N–H and O–H groups in total. The van der Waals surface area contributed by atoms with Gasteiger partial charge >= 0.3 is 0 Å². The lowest BCUT2D eigenvalue weighted by Crippen LogP contribution is -3.04. The zero-order chi connectivity index (χ0) is 14.9. The Morgan fingerprint density at radius 1 is 1.43 bits per heavy atom. The molecule has 3 rings (SSSR count). The number of nitrogens with one attached hydrogen (secondary N) is 3. The monoisotopic (exact) mass is 309 g/mol. The highest BCUT2D eigenvalue weighted by Gasteiger charge is 2.39. The Kier molecular flexibility index (Phi) is 3.66. The molecule has 21 heavy (non-hydrogen) atoms. The van der Waals surface area contributed by atoms with Gasteiger partial charge in [-0.3, -0.25) is 15.4 Å². The summed E-state index contributed by atoms with van der Waals surface area (Å²) in [7, 11) is 0. The first-order valence-corrected chi connectivity index (χ1v) is 7.67. The van der Waals surface area contributed by atoms with Crippen LogP contribution in [0.1, 0.15) is 5.56 Å². The van der Waals surface area contributed by atoms with Crippen molar-refractivity contribution in [2.24, 2.45) is 0 Å². The molecule has 0 bridgehead atoms. The van der Waals surface area contributed by atoms with Crippen molar-refractivity contribution in [2.45, 2.75) is 11.7 Å². The molecule has 0 spiro atoms. The average Bonchev–Trinajstić information content (AvgIpc) is 2.96. The molecule has 1 atom stereocenters. The van der Waals surface area contributed by atoms with Crippen molar-refractivity contribution in [1.82, 2.24) is 16.2 Å². The van der Waals surface area contributed by atoms with Gasteiger partial charge in [-0.25, -0.2) is 0 Å². The van der Waals surface area contributed by atoms with E-state index in [1.54, 1.807) is 0 Å². The second-order valence-electron chi connectivity index (χ2n) is 4.72. The minimum absolute atomic E-state index is 0.218. The van der Waals surface area contributed by atoms with Crippen molar-refractivity contribution in [3.05, 3.63) is 36.0 Å². The first kappa shape index (κ1) is 14.1. The van der Waals surface area contributed by atoms with Crippen LogP contribution in [-0.4, -0.2) is 24.1 Å². The summed E-state index contributed by atoms with van der Waals surface area (Å²) >= 11 is 1.49. The zero-order valence-corrected chi connectivity index (χ0v) is 12.4. The van der Waals surface area contributed by atoms with Crippen LogP contribution in [0.2, 0.25) is 0 Å². The number of ether oxygens (including phenoxy) is 2. The van der Waals surface area contributed by atoms with Crippen LogP contribution in [0.25, 0.3) is 0 Å². The van der Waals surface area contributed by atoms with E-state index in [-0.39, 0.29) is 12.7 Å². The summed E-state index contributed by atoms with van der Waals surface area (Å²) in [6.07, 6.45) is 1.92. The van der Waals surface area contributed by atoms with Crippen LogP contribution in [-0.2, 0) is 11.3 Å². The number of quaternary nitrogens is 1. The number of amides is 1. The number of nitrogens with two attached hydrogens (primary N) is 1. The van der Waals surface area contributed by atoms with E-state index in [2.05, 4.69) is 22.7 Å². The summed E-state index contributed by atoms with van der Waals surface area (Å²) in [5.74, 6) is 1.30. The molecule has 8 heteroatoms. The molecule has 0 saturated carbocycles. The molecule has 2 aliphatic heterocycles. The van der Waals surface area contributed by atoms with Gasteiger partial charge in [0.2, 0.25) is 6.79 Å². The maximum absolute atomic E-state index is 11.8. The highest BCUT2D eigenvalue weighted by Crippen LogP contribution is 2.32. The van der Waals surface area contributed by atoms with Crippen LogP contribution >= 0.6 is 11.8 Å². The Labute approximate surface area is 126 Å². The van der Waals surface area contributed by atoms with E-state index in [0.717, 1.165) is 17.1 Å². The summed E-state index contributed by atoms with van der Waals surface area (Å²) in [6, 6.07) is 5.82. The standard InChI is InChI=1S/C13H16N4O3S/c1-8-12(18)15-13(21-2,17-16-8)14-6-9-3-4-10-11(5-9)20-7-19-10/h3-5,14,16-17H,1,6-7H2,2H3,(H,15,18)/p+1. The number of hydrogen-bond donors (Lipinski definition) is 4. The fraction of sp³-hybridized carbons (Fsp3) is 0.308. The van der Waals surface area contributed by atoms with Gasteiger partial charge in [0, 0.05) is 5.56 Å². The lowest BCUT2D eigenvalue weighted by atomic mass is 10.2. The van der Waals surface area contributed by atoms with Gasteiger partial charge < -0.3 is 14.9 Å². The molecule has 2 heterocycles. The minimum Gasteiger partial charge on any atom is -0.454 e. The van der Waals surface area contributed by atoms with Crippen LogP contribution < -0.4 is 31.0 Å². The molecule has 2 aliphatic rings. The van der Waals surface area contributed by atoms with Gasteiger partial charge in [-0.05, 0) is 24.5 Å². The summed E-state index contributed by atoms with van der Waals surface area (Å²) in [4.78, 5) is 11.8. The third-order valence-electron chi connectivity index (χ3n) is 3.36. The van der Waals surface area contributed by atoms with E-state index in [1.807, 2.05) is 29.8 Å². The highest BCUT2D eigenvalue weighted by molar-refractivity contribution is 7.99. The second kappa shape index (κ2) is 5.47. The number of carbonyl (C=O) groups excluding carboxylic acids is 1. The Morgan fingerprint density at radius 2 is 2.24 bits per heavy atom. The number of carbonyl (C=O) groups is 1. The van der Waals surface area contributed by atoms with Crippen molar-refractivity contribution in [3.8, 4) is 11.5 Å². The molecule has 0 aromatic heterocycles. The van der Waals surface area contributed by atoms with Crippen molar-refractivity contribution >= 4 is 17.7 Å². The minimum atomic E-state index is -0.672. The number of benzene rings is 1. The van der Waals surface area contributed by atoms with Gasteiger partial charge in [0.25, 0.3) is 11.0 Å². The van der Waals surface area contributed by atoms with Gasteiger partial charge in [0.1, 0.15) is 12.2 Å². The quantitative estimate of drug-likeness (QED) is 0.430. The van der Waals surface area contributed by atoms with E-state index >= 15 is 0 Å². The molecule has 7 nitrogen and oxygen atoms in total. The lowest BCUT2D eigenvalue weighted by molar-refractivity contribution is -0.728. The molecule has 1 unspecified atom stereocenters.